The Balaban J connectivity index is 1.31. The molecule has 3 aliphatic rings. The first kappa shape index (κ1) is 23.4. The van der Waals surface area contributed by atoms with Crippen LogP contribution in [0.1, 0.15) is 18.4 Å². The number of nitrogens with zero attached hydrogens (tertiary/aromatic N) is 4. The van der Waals surface area contributed by atoms with Crippen LogP contribution in [0.3, 0.4) is 0 Å². The molecule has 0 saturated carbocycles. The average Bonchev–Trinajstić information content (AvgIpc) is 3.70. The SMILES string of the molecule is C1=CCCC(C(Nc2ncccc2-c2nnc(N(Cc3ccccc3)C3=COCO3)o2)C2=COC=CO2)=C1. The van der Waals surface area contributed by atoms with Crippen molar-refractivity contribution < 1.29 is 23.4 Å². The molecule has 2 aromatic heterocycles. The van der Waals surface area contributed by atoms with Gasteiger partial charge in [-0.1, -0.05) is 53.7 Å². The first-order valence-electron chi connectivity index (χ1n) is 12.2. The number of benzene rings is 1. The van der Waals surface area contributed by atoms with Crippen molar-refractivity contribution in [3.8, 4) is 11.5 Å². The fourth-order valence-electron chi connectivity index (χ4n) is 4.26. The molecule has 2 aliphatic heterocycles. The molecule has 1 aliphatic carbocycles. The van der Waals surface area contributed by atoms with Crippen LogP contribution in [-0.2, 0) is 25.5 Å². The number of aromatic nitrogens is 3. The van der Waals surface area contributed by atoms with Crippen LogP contribution in [0.15, 0.2) is 114 Å². The van der Waals surface area contributed by atoms with Crippen LogP contribution in [0.4, 0.5) is 11.8 Å². The number of ether oxygens (including phenoxy) is 4. The van der Waals surface area contributed by atoms with E-state index in [2.05, 4.69) is 32.7 Å². The number of pyridine rings is 1. The highest BCUT2D eigenvalue weighted by Gasteiger charge is 2.27. The Bertz CT molecular complexity index is 1430. The van der Waals surface area contributed by atoms with E-state index in [1.807, 2.05) is 48.5 Å². The van der Waals surface area contributed by atoms with E-state index < -0.39 is 0 Å². The van der Waals surface area contributed by atoms with E-state index in [0.717, 1.165) is 24.0 Å². The van der Waals surface area contributed by atoms with E-state index in [1.165, 1.54) is 18.8 Å². The lowest BCUT2D eigenvalue weighted by Crippen LogP contribution is -2.27. The third kappa shape index (κ3) is 5.10. The summed E-state index contributed by atoms with van der Waals surface area (Å²) in [6.07, 6.45) is 15.9. The molecule has 1 aromatic carbocycles. The molecule has 0 bridgehead atoms. The quantitative estimate of drug-likeness (QED) is 0.404. The first-order valence-corrected chi connectivity index (χ1v) is 12.2. The molecule has 3 aromatic rings. The Kier molecular flexibility index (Phi) is 6.75. The van der Waals surface area contributed by atoms with Crippen molar-refractivity contribution in [2.45, 2.75) is 25.4 Å². The van der Waals surface area contributed by atoms with Gasteiger partial charge in [0.15, 0.2) is 5.76 Å². The molecule has 0 amide bonds. The van der Waals surface area contributed by atoms with Crippen molar-refractivity contribution in [1.82, 2.24) is 15.2 Å². The zero-order chi connectivity index (χ0) is 25.6. The Hall–Kier alpha value is -4.99. The van der Waals surface area contributed by atoms with Crippen LogP contribution in [-0.4, -0.2) is 28.0 Å². The summed E-state index contributed by atoms with van der Waals surface area (Å²) >= 11 is 0. The fraction of sp³-hybridized carbons (Fsp3) is 0.179. The van der Waals surface area contributed by atoms with Gasteiger partial charge in [0.1, 0.15) is 36.9 Å². The molecule has 1 atom stereocenters. The highest BCUT2D eigenvalue weighted by atomic mass is 16.7. The zero-order valence-electron chi connectivity index (χ0n) is 20.4. The van der Waals surface area contributed by atoms with Gasteiger partial charge in [-0.3, -0.25) is 4.90 Å². The Morgan fingerprint density at radius 1 is 1.03 bits per heavy atom. The van der Waals surface area contributed by atoms with Gasteiger partial charge in [0.2, 0.25) is 12.7 Å². The predicted octanol–water partition coefficient (Wildman–Crippen LogP) is 5.36. The lowest BCUT2D eigenvalue weighted by atomic mass is 9.96. The normalized spacial score (nSPS) is 16.7. The maximum Gasteiger partial charge on any atom is 0.325 e. The summed E-state index contributed by atoms with van der Waals surface area (Å²) in [6, 6.07) is 13.6. The van der Waals surface area contributed by atoms with Gasteiger partial charge >= 0.3 is 6.01 Å². The summed E-state index contributed by atoms with van der Waals surface area (Å²) in [7, 11) is 0. The molecule has 4 heterocycles. The summed E-state index contributed by atoms with van der Waals surface area (Å²) in [4.78, 5) is 6.36. The molecule has 0 spiro atoms. The molecule has 10 heteroatoms. The maximum atomic E-state index is 6.17. The van der Waals surface area contributed by atoms with Crippen LogP contribution >= 0.6 is 0 Å². The van der Waals surface area contributed by atoms with Crippen LogP contribution < -0.4 is 10.2 Å². The van der Waals surface area contributed by atoms with Gasteiger partial charge in [0.05, 0.1) is 12.1 Å². The van der Waals surface area contributed by atoms with Gasteiger partial charge in [0, 0.05) is 6.20 Å². The number of rotatable bonds is 9. The molecular weight excluding hydrogens is 486 g/mol. The topological polar surface area (TPSA) is 104 Å². The molecule has 0 fully saturated rings. The summed E-state index contributed by atoms with van der Waals surface area (Å²) in [6.45, 7) is 0.583. The Morgan fingerprint density at radius 3 is 2.76 bits per heavy atom. The monoisotopic (exact) mass is 511 g/mol. The fourth-order valence-corrected chi connectivity index (χ4v) is 4.26. The van der Waals surface area contributed by atoms with Gasteiger partial charge in [-0.05, 0) is 36.1 Å². The van der Waals surface area contributed by atoms with E-state index in [1.54, 1.807) is 17.4 Å². The number of nitrogens with one attached hydrogen (secondary N) is 1. The van der Waals surface area contributed by atoms with Gasteiger partial charge in [-0.25, -0.2) is 4.98 Å². The molecule has 38 heavy (non-hydrogen) atoms. The smallest absolute Gasteiger partial charge is 0.325 e. The Labute approximate surface area is 219 Å². The van der Waals surface area contributed by atoms with Crippen LogP contribution in [0, 0.1) is 0 Å². The van der Waals surface area contributed by atoms with Crippen molar-refractivity contribution in [1.29, 1.82) is 0 Å². The zero-order valence-corrected chi connectivity index (χ0v) is 20.4. The van der Waals surface area contributed by atoms with Crippen molar-refractivity contribution >= 4 is 11.8 Å². The van der Waals surface area contributed by atoms with E-state index in [-0.39, 0.29) is 18.8 Å². The van der Waals surface area contributed by atoms with Crippen LogP contribution in [0.5, 0.6) is 0 Å². The van der Waals surface area contributed by atoms with Crippen molar-refractivity contribution in [3.05, 3.63) is 115 Å². The second-order valence-corrected chi connectivity index (χ2v) is 8.58. The largest absolute Gasteiger partial charge is 0.466 e. The third-order valence-electron chi connectivity index (χ3n) is 6.10. The third-order valence-corrected chi connectivity index (χ3v) is 6.10. The van der Waals surface area contributed by atoms with Gasteiger partial charge < -0.3 is 28.7 Å². The standard InChI is InChI=1S/C28H25N5O5/c1-3-8-20(9-4-1)16-33(24-18-35-19-37-24)28-32-31-27(38-28)22-12-7-13-29-26(22)30-25(21-10-5-2-6-11-21)23-17-34-14-15-36-23/h1-5,7-10,12-15,17-18,25H,6,11,16,19H2,(H,29,30). The second-order valence-electron chi connectivity index (χ2n) is 8.58. The lowest BCUT2D eigenvalue weighted by Gasteiger charge is -2.26. The van der Waals surface area contributed by atoms with Crippen LogP contribution in [0.2, 0.25) is 0 Å². The molecule has 1 N–H and O–H groups in total. The molecule has 10 nitrogen and oxygen atoms in total. The van der Waals surface area contributed by atoms with Gasteiger partial charge in [0.25, 0.3) is 5.89 Å². The first-order chi connectivity index (χ1) is 18.8. The minimum absolute atomic E-state index is 0.127. The Morgan fingerprint density at radius 2 is 1.97 bits per heavy atom. The molecule has 0 saturated heterocycles. The molecule has 1 unspecified atom stereocenters. The van der Waals surface area contributed by atoms with E-state index in [9.17, 15) is 0 Å². The molecule has 192 valence electrons. The number of allylic oxidation sites excluding steroid dienone is 3. The van der Waals surface area contributed by atoms with E-state index in [4.69, 9.17) is 23.4 Å². The van der Waals surface area contributed by atoms with Crippen molar-refractivity contribution in [3.63, 3.8) is 0 Å². The van der Waals surface area contributed by atoms with Crippen LogP contribution in [0.25, 0.3) is 11.5 Å². The highest BCUT2D eigenvalue weighted by Crippen LogP contribution is 2.33. The molecular formula is C28H25N5O5. The minimum Gasteiger partial charge on any atom is -0.466 e. The van der Waals surface area contributed by atoms with E-state index >= 15 is 0 Å². The molecule has 6 rings (SSSR count). The highest BCUT2D eigenvalue weighted by molar-refractivity contribution is 5.70. The summed E-state index contributed by atoms with van der Waals surface area (Å²) in [5.41, 5.74) is 2.83. The number of anilines is 2. The number of hydrogen-bond donors (Lipinski definition) is 1. The maximum absolute atomic E-state index is 6.17. The summed E-state index contributed by atoms with van der Waals surface area (Å²) in [5, 5.41) is 12.2. The van der Waals surface area contributed by atoms with Gasteiger partial charge in [-0.15, -0.1) is 5.10 Å². The van der Waals surface area contributed by atoms with E-state index in [0.29, 0.717) is 35.5 Å². The van der Waals surface area contributed by atoms with Gasteiger partial charge in [-0.2, -0.15) is 0 Å². The predicted molar refractivity (Wildman–Crippen MR) is 139 cm³/mol. The summed E-state index contributed by atoms with van der Waals surface area (Å²) in [5.74, 6) is 1.98. The minimum atomic E-state index is -0.301. The number of hydrogen-bond acceptors (Lipinski definition) is 10. The lowest BCUT2D eigenvalue weighted by molar-refractivity contribution is 0.0776. The summed E-state index contributed by atoms with van der Waals surface area (Å²) < 4.78 is 28.2. The second kappa shape index (κ2) is 11.0. The van der Waals surface area contributed by atoms with Crippen molar-refractivity contribution in [2.24, 2.45) is 0 Å². The average molecular weight is 512 g/mol. The van der Waals surface area contributed by atoms with Crippen molar-refractivity contribution in [2.75, 3.05) is 17.0 Å². The molecule has 0 radical (unpaired) electrons.